The van der Waals surface area contributed by atoms with Gasteiger partial charge in [-0.1, -0.05) is 61.5 Å². The molecule has 0 radical (unpaired) electrons. The summed E-state index contributed by atoms with van der Waals surface area (Å²) < 4.78 is 10.9. The van der Waals surface area contributed by atoms with Crippen molar-refractivity contribution in [3.63, 3.8) is 0 Å². The fourth-order valence-corrected chi connectivity index (χ4v) is 5.08. The van der Waals surface area contributed by atoms with Gasteiger partial charge in [0.05, 0.1) is 24.6 Å². The van der Waals surface area contributed by atoms with Gasteiger partial charge in [0.15, 0.2) is 5.78 Å². The van der Waals surface area contributed by atoms with Crippen molar-refractivity contribution in [3.8, 4) is 0 Å². The zero-order valence-electron chi connectivity index (χ0n) is 21.8. The van der Waals surface area contributed by atoms with Crippen molar-refractivity contribution in [1.29, 1.82) is 0 Å². The predicted molar refractivity (Wildman–Crippen MR) is 149 cm³/mol. The van der Waals surface area contributed by atoms with Gasteiger partial charge >= 0.3 is 6.09 Å². The average Bonchev–Trinajstić information content (AvgIpc) is 3.65. The van der Waals surface area contributed by atoms with Crippen molar-refractivity contribution < 1.29 is 19.1 Å². The highest BCUT2D eigenvalue weighted by molar-refractivity contribution is 6.01. The molecule has 7 nitrogen and oxygen atoms in total. The molecule has 198 valence electrons. The molecular formula is C31H35N3O4. The maximum atomic E-state index is 13.2. The second-order valence-corrected chi connectivity index (χ2v) is 10.2. The van der Waals surface area contributed by atoms with Crippen LogP contribution in [-0.4, -0.2) is 43.7 Å². The summed E-state index contributed by atoms with van der Waals surface area (Å²) >= 11 is 0. The van der Waals surface area contributed by atoms with Crippen LogP contribution in [0.2, 0.25) is 0 Å². The van der Waals surface area contributed by atoms with Gasteiger partial charge in [0.25, 0.3) is 0 Å². The minimum absolute atomic E-state index is 0.0138. The molecule has 1 heterocycles. The highest BCUT2D eigenvalue weighted by Gasteiger charge is 2.49. The van der Waals surface area contributed by atoms with Crippen LogP contribution in [0.4, 0.5) is 16.2 Å². The highest BCUT2D eigenvalue weighted by Crippen LogP contribution is 2.51. The number of hydrogen-bond donors (Lipinski definition) is 2. The van der Waals surface area contributed by atoms with E-state index >= 15 is 0 Å². The standard InChI is InChI=1S/C31H35N3O4/c1-2-31(32)20-26(31)24-10-8-22(9-11-24)18-29(35)25-12-13-28(34-14-16-37-17-15-34)27(19-25)33-30(36)38-21-23-6-4-3-5-7-23/h3-13,19,26H,2,14-18,20-21,32H2,1H3,(H,33,36)/t26-,31+/m0/s1. The summed E-state index contributed by atoms with van der Waals surface area (Å²) in [5, 5.41) is 2.87. The Kier molecular flexibility index (Phi) is 7.77. The Morgan fingerprint density at radius 2 is 1.76 bits per heavy atom. The van der Waals surface area contributed by atoms with Crippen molar-refractivity contribution in [3.05, 3.63) is 95.1 Å². The van der Waals surface area contributed by atoms with Gasteiger partial charge in [0.2, 0.25) is 0 Å². The van der Waals surface area contributed by atoms with Gasteiger partial charge < -0.3 is 20.1 Å². The number of benzene rings is 3. The monoisotopic (exact) mass is 513 g/mol. The number of carbonyl (C=O) groups excluding carboxylic acids is 2. The van der Waals surface area contributed by atoms with E-state index < -0.39 is 6.09 Å². The van der Waals surface area contributed by atoms with Gasteiger partial charge in [0, 0.05) is 36.5 Å². The number of morpholine rings is 1. The van der Waals surface area contributed by atoms with Crippen molar-refractivity contribution in [1.82, 2.24) is 0 Å². The van der Waals surface area contributed by atoms with E-state index in [9.17, 15) is 9.59 Å². The second kappa shape index (κ2) is 11.4. The second-order valence-electron chi connectivity index (χ2n) is 10.2. The molecule has 0 aromatic heterocycles. The fraction of sp³-hybridized carbons (Fsp3) is 0.355. The number of hydrogen-bond acceptors (Lipinski definition) is 6. The lowest BCUT2D eigenvalue weighted by Crippen LogP contribution is -2.36. The van der Waals surface area contributed by atoms with E-state index in [1.54, 1.807) is 6.07 Å². The van der Waals surface area contributed by atoms with Gasteiger partial charge in [0.1, 0.15) is 6.61 Å². The summed E-state index contributed by atoms with van der Waals surface area (Å²) in [6.07, 6.45) is 1.70. The third kappa shape index (κ3) is 6.06. The largest absolute Gasteiger partial charge is 0.444 e. The highest BCUT2D eigenvalue weighted by atomic mass is 16.5. The Bertz CT molecular complexity index is 1270. The number of amides is 1. The van der Waals surface area contributed by atoms with Crippen molar-refractivity contribution in [2.45, 2.75) is 44.2 Å². The Morgan fingerprint density at radius 1 is 1.03 bits per heavy atom. The van der Waals surface area contributed by atoms with Crippen LogP contribution < -0.4 is 16.0 Å². The SMILES string of the molecule is CC[C@@]1(N)C[C@H]1c1ccc(CC(=O)c2ccc(N3CCOCC3)c(NC(=O)OCc3ccccc3)c2)cc1. The maximum absolute atomic E-state index is 13.2. The van der Waals surface area contributed by atoms with Crippen LogP contribution in [0.25, 0.3) is 0 Å². The molecule has 2 fully saturated rings. The molecular weight excluding hydrogens is 478 g/mol. The van der Waals surface area contributed by atoms with Crippen LogP contribution in [0.15, 0.2) is 72.8 Å². The van der Waals surface area contributed by atoms with Gasteiger partial charge in [-0.25, -0.2) is 4.79 Å². The predicted octanol–water partition coefficient (Wildman–Crippen LogP) is 5.29. The molecule has 0 spiro atoms. The van der Waals surface area contributed by atoms with Gasteiger partial charge in [-0.15, -0.1) is 0 Å². The minimum atomic E-state index is -0.563. The molecule has 3 aromatic carbocycles. The van der Waals surface area contributed by atoms with Gasteiger partial charge in [-0.3, -0.25) is 10.1 Å². The van der Waals surface area contributed by atoms with Crippen LogP contribution in [0.1, 0.15) is 52.7 Å². The molecule has 2 aliphatic rings. The van der Waals surface area contributed by atoms with Crippen molar-refractivity contribution >= 4 is 23.3 Å². The molecule has 0 bridgehead atoms. The summed E-state index contributed by atoms with van der Waals surface area (Å²) in [5.74, 6) is 0.389. The number of ketones is 1. The number of nitrogens with two attached hydrogens (primary N) is 1. The molecule has 1 saturated heterocycles. The quantitative estimate of drug-likeness (QED) is 0.378. The van der Waals surface area contributed by atoms with Gasteiger partial charge in [-0.2, -0.15) is 0 Å². The summed E-state index contributed by atoms with van der Waals surface area (Å²) in [6, 6.07) is 23.2. The van der Waals surface area contributed by atoms with Crippen molar-refractivity contribution in [2.24, 2.45) is 5.73 Å². The number of nitrogens with one attached hydrogen (secondary N) is 1. The Balaban J connectivity index is 1.29. The van der Waals surface area contributed by atoms with Crippen LogP contribution in [0, 0.1) is 0 Å². The van der Waals surface area contributed by atoms with E-state index in [1.165, 1.54) is 5.56 Å². The van der Waals surface area contributed by atoms with Crippen molar-refractivity contribution in [2.75, 3.05) is 36.5 Å². The molecule has 3 N–H and O–H groups in total. The number of ether oxygens (including phenoxy) is 2. The van der Waals surface area contributed by atoms with Crippen LogP contribution >= 0.6 is 0 Å². The number of nitrogens with zero attached hydrogens (tertiary/aromatic N) is 1. The average molecular weight is 514 g/mol. The summed E-state index contributed by atoms with van der Waals surface area (Å²) in [7, 11) is 0. The zero-order valence-corrected chi connectivity index (χ0v) is 21.8. The summed E-state index contributed by atoms with van der Waals surface area (Å²) in [5.41, 5.74) is 11.3. The number of Topliss-reactive ketones (excluding diaryl/α,β-unsaturated/α-hetero) is 1. The van der Waals surface area contributed by atoms with E-state index in [1.807, 2.05) is 54.6 Å². The lowest BCUT2D eigenvalue weighted by Gasteiger charge is -2.30. The van der Waals surface area contributed by atoms with E-state index in [0.29, 0.717) is 43.5 Å². The van der Waals surface area contributed by atoms with E-state index in [4.69, 9.17) is 15.2 Å². The van der Waals surface area contributed by atoms with E-state index in [2.05, 4.69) is 29.3 Å². The minimum Gasteiger partial charge on any atom is -0.444 e. The van der Waals surface area contributed by atoms with Crippen LogP contribution in [-0.2, 0) is 22.5 Å². The maximum Gasteiger partial charge on any atom is 0.412 e. The number of anilines is 2. The molecule has 5 rings (SSSR count). The van der Waals surface area contributed by atoms with E-state index in [0.717, 1.165) is 29.7 Å². The zero-order chi connectivity index (χ0) is 26.5. The third-order valence-electron chi connectivity index (χ3n) is 7.64. The molecule has 7 heteroatoms. The third-order valence-corrected chi connectivity index (χ3v) is 7.64. The molecule has 1 amide bonds. The fourth-order valence-electron chi connectivity index (χ4n) is 5.08. The summed E-state index contributed by atoms with van der Waals surface area (Å²) in [6.45, 7) is 4.92. The van der Waals surface area contributed by atoms with E-state index in [-0.39, 0.29) is 24.3 Å². The Hall–Kier alpha value is -3.68. The number of rotatable bonds is 9. The lowest BCUT2D eigenvalue weighted by atomic mass is 9.98. The first-order chi connectivity index (χ1) is 18.4. The number of carbonyl (C=O) groups is 2. The molecule has 3 aromatic rings. The normalized spacial score (nSPS) is 20.6. The Morgan fingerprint density at radius 3 is 2.45 bits per heavy atom. The molecule has 0 unspecified atom stereocenters. The molecule has 1 aliphatic carbocycles. The molecule has 1 aliphatic heterocycles. The molecule has 38 heavy (non-hydrogen) atoms. The lowest BCUT2D eigenvalue weighted by molar-refractivity contribution is 0.0992. The summed E-state index contributed by atoms with van der Waals surface area (Å²) in [4.78, 5) is 28.1. The molecule has 2 atom stereocenters. The first kappa shape index (κ1) is 25.9. The van der Waals surface area contributed by atoms with Crippen LogP contribution in [0.3, 0.4) is 0 Å². The van der Waals surface area contributed by atoms with Crippen LogP contribution in [0.5, 0.6) is 0 Å². The smallest absolute Gasteiger partial charge is 0.412 e. The first-order valence-corrected chi connectivity index (χ1v) is 13.3. The first-order valence-electron chi connectivity index (χ1n) is 13.3. The van der Waals surface area contributed by atoms with Gasteiger partial charge in [-0.05, 0) is 47.7 Å². The topological polar surface area (TPSA) is 93.9 Å². The molecule has 1 saturated carbocycles. The Labute approximate surface area is 223 Å².